The van der Waals surface area contributed by atoms with E-state index in [1.807, 2.05) is 35.4 Å². The lowest BCUT2D eigenvalue weighted by atomic mass is 10.0. The van der Waals surface area contributed by atoms with Gasteiger partial charge >= 0.3 is 6.03 Å². The van der Waals surface area contributed by atoms with Crippen molar-refractivity contribution < 1.29 is 9.18 Å². The fraction of sp³-hybridized carbons (Fsp3) is 0.211. The maximum Gasteiger partial charge on any atom is 0.322 e. The van der Waals surface area contributed by atoms with E-state index in [1.165, 1.54) is 12.1 Å². The van der Waals surface area contributed by atoms with Crippen molar-refractivity contribution in [3.05, 3.63) is 66.1 Å². The first kappa shape index (κ1) is 14.8. The quantitative estimate of drug-likeness (QED) is 0.707. The fourth-order valence-corrected chi connectivity index (χ4v) is 3.37. The first-order valence-corrected chi connectivity index (χ1v) is 8.11. The molecule has 1 aliphatic heterocycles. The van der Waals surface area contributed by atoms with Crippen molar-refractivity contribution >= 4 is 22.6 Å². The Morgan fingerprint density at radius 1 is 1.17 bits per heavy atom. The highest BCUT2D eigenvalue weighted by molar-refractivity contribution is 5.93. The van der Waals surface area contributed by atoms with Crippen molar-refractivity contribution in [3.63, 3.8) is 0 Å². The van der Waals surface area contributed by atoms with Gasteiger partial charge in [-0.25, -0.2) is 9.18 Å². The number of urea groups is 1. The molecule has 1 fully saturated rings. The molecule has 0 aliphatic carbocycles. The van der Waals surface area contributed by atoms with Gasteiger partial charge in [0.1, 0.15) is 5.82 Å². The minimum Gasteiger partial charge on any atom is -0.361 e. The number of hydrogen-bond donors (Lipinski definition) is 2. The summed E-state index contributed by atoms with van der Waals surface area (Å²) in [6.07, 6.45) is 3.73. The fourth-order valence-electron chi connectivity index (χ4n) is 3.37. The first-order chi connectivity index (χ1) is 11.7. The Morgan fingerprint density at radius 3 is 2.83 bits per heavy atom. The molecule has 1 aromatic heterocycles. The van der Waals surface area contributed by atoms with E-state index in [0.717, 1.165) is 35.0 Å². The zero-order valence-electron chi connectivity index (χ0n) is 13.1. The average molecular weight is 323 g/mol. The van der Waals surface area contributed by atoms with E-state index < -0.39 is 0 Å². The highest BCUT2D eigenvalue weighted by Crippen LogP contribution is 2.32. The molecule has 1 saturated heterocycles. The molecular weight excluding hydrogens is 305 g/mol. The number of nitrogens with one attached hydrogen (secondary N) is 2. The predicted octanol–water partition coefficient (Wildman–Crippen LogP) is 4.68. The zero-order chi connectivity index (χ0) is 16.5. The highest BCUT2D eigenvalue weighted by Gasteiger charge is 2.30. The second-order valence-corrected chi connectivity index (χ2v) is 6.11. The Labute approximate surface area is 139 Å². The van der Waals surface area contributed by atoms with Crippen LogP contribution in [0.5, 0.6) is 0 Å². The normalized spacial score (nSPS) is 17.4. The summed E-state index contributed by atoms with van der Waals surface area (Å²) in [5.74, 6) is -0.257. The topological polar surface area (TPSA) is 48.1 Å². The minimum atomic E-state index is -0.257. The highest BCUT2D eigenvalue weighted by atomic mass is 19.1. The van der Waals surface area contributed by atoms with Gasteiger partial charge in [0.2, 0.25) is 0 Å². The minimum absolute atomic E-state index is 0.00147. The van der Waals surface area contributed by atoms with Gasteiger partial charge in [0.25, 0.3) is 0 Å². The van der Waals surface area contributed by atoms with Gasteiger partial charge in [-0.1, -0.05) is 12.1 Å². The molecule has 3 aromatic rings. The van der Waals surface area contributed by atoms with Crippen molar-refractivity contribution in [2.75, 3.05) is 11.9 Å². The van der Waals surface area contributed by atoms with Gasteiger partial charge in [-0.05, 0) is 54.8 Å². The SMILES string of the molecule is O=C(Nc1ccc2[nH]ccc2c1)N1CCC[C@@H]1c1ccc(F)cc1. The number of carbonyl (C=O) groups is 1. The molecular formula is C19H18FN3O. The van der Waals surface area contributed by atoms with Gasteiger partial charge < -0.3 is 15.2 Å². The van der Waals surface area contributed by atoms with Crippen LogP contribution < -0.4 is 5.32 Å². The third-order valence-corrected chi connectivity index (χ3v) is 4.57. The summed E-state index contributed by atoms with van der Waals surface area (Å²) in [7, 11) is 0. The maximum absolute atomic E-state index is 13.1. The number of amides is 2. The summed E-state index contributed by atoms with van der Waals surface area (Å²) in [4.78, 5) is 17.6. The number of hydrogen-bond acceptors (Lipinski definition) is 1. The van der Waals surface area contributed by atoms with Gasteiger partial charge in [0.05, 0.1) is 6.04 Å². The maximum atomic E-state index is 13.1. The summed E-state index contributed by atoms with van der Waals surface area (Å²) in [5.41, 5.74) is 2.79. The number of rotatable bonds is 2. The summed E-state index contributed by atoms with van der Waals surface area (Å²) in [6.45, 7) is 0.709. The van der Waals surface area contributed by atoms with Crippen LogP contribution in [0.25, 0.3) is 10.9 Å². The molecule has 4 nitrogen and oxygen atoms in total. The predicted molar refractivity (Wildman–Crippen MR) is 92.4 cm³/mol. The standard InChI is InChI=1S/C19H18FN3O/c20-15-5-3-13(4-6-15)18-2-1-11-23(18)19(24)22-16-7-8-17-14(12-16)9-10-21-17/h3-10,12,18,21H,1-2,11H2,(H,22,24)/t18-/m1/s1. The van der Waals surface area contributed by atoms with E-state index in [0.29, 0.717) is 6.54 Å². The number of likely N-dealkylation sites (tertiary alicyclic amines) is 1. The molecule has 122 valence electrons. The van der Waals surface area contributed by atoms with Crippen molar-refractivity contribution in [2.24, 2.45) is 0 Å². The van der Waals surface area contributed by atoms with Crippen LogP contribution in [0, 0.1) is 5.82 Å². The molecule has 2 N–H and O–H groups in total. The molecule has 2 amide bonds. The summed E-state index contributed by atoms with van der Waals surface area (Å²) in [5, 5.41) is 4.04. The number of benzene rings is 2. The van der Waals surface area contributed by atoms with Gasteiger partial charge in [-0.2, -0.15) is 0 Å². The van der Waals surface area contributed by atoms with E-state index in [4.69, 9.17) is 0 Å². The number of carbonyl (C=O) groups excluding carboxylic acids is 1. The van der Waals surface area contributed by atoms with Crippen molar-refractivity contribution in [1.82, 2.24) is 9.88 Å². The van der Waals surface area contributed by atoms with E-state index in [2.05, 4.69) is 10.3 Å². The Balaban J connectivity index is 1.53. The van der Waals surface area contributed by atoms with Gasteiger partial charge in [-0.15, -0.1) is 0 Å². The van der Waals surface area contributed by atoms with Crippen LogP contribution in [0.2, 0.25) is 0 Å². The van der Waals surface area contributed by atoms with Crippen LogP contribution in [0.15, 0.2) is 54.7 Å². The molecule has 2 aromatic carbocycles. The molecule has 4 rings (SSSR count). The monoisotopic (exact) mass is 323 g/mol. The van der Waals surface area contributed by atoms with E-state index in [1.54, 1.807) is 12.1 Å². The number of H-pyrrole nitrogens is 1. The molecule has 0 saturated carbocycles. The number of aromatic amines is 1. The summed E-state index contributed by atoms with van der Waals surface area (Å²) < 4.78 is 13.1. The molecule has 0 radical (unpaired) electrons. The Kier molecular flexibility index (Phi) is 3.69. The number of nitrogens with zero attached hydrogens (tertiary/aromatic N) is 1. The molecule has 0 unspecified atom stereocenters. The number of fused-ring (bicyclic) bond motifs is 1. The van der Waals surface area contributed by atoms with Crippen molar-refractivity contribution in [2.45, 2.75) is 18.9 Å². The van der Waals surface area contributed by atoms with E-state index in [9.17, 15) is 9.18 Å². The zero-order valence-corrected chi connectivity index (χ0v) is 13.1. The Morgan fingerprint density at radius 2 is 2.00 bits per heavy atom. The van der Waals surface area contributed by atoms with E-state index in [-0.39, 0.29) is 17.9 Å². The van der Waals surface area contributed by atoms with Gasteiger partial charge in [-0.3, -0.25) is 0 Å². The molecule has 5 heteroatoms. The third kappa shape index (κ3) is 2.73. The Hall–Kier alpha value is -2.82. The van der Waals surface area contributed by atoms with Crippen molar-refractivity contribution in [3.8, 4) is 0 Å². The molecule has 0 spiro atoms. The number of aromatic nitrogens is 1. The van der Waals surface area contributed by atoms with Crippen LogP contribution in [-0.2, 0) is 0 Å². The van der Waals surface area contributed by atoms with Crippen molar-refractivity contribution in [1.29, 1.82) is 0 Å². The van der Waals surface area contributed by atoms with Crippen LogP contribution in [-0.4, -0.2) is 22.5 Å². The second kappa shape index (κ2) is 6.00. The largest absolute Gasteiger partial charge is 0.361 e. The molecule has 24 heavy (non-hydrogen) atoms. The van der Waals surface area contributed by atoms with Gasteiger partial charge in [0.15, 0.2) is 0 Å². The lowest BCUT2D eigenvalue weighted by molar-refractivity contribution is 0.207. The Bertz CT molecular complexity index is 872. The first-order valence-electron chi connectivity index (χ1n) is 8.11. The lowest BCUT2D eigenvalue weighted by Crippen LogP contribution is -2.34. The second-order valence-electron chi connectivity index (χ2n) is 6.11. The van der Waals surface area contributed by atoms with Gasteiger partial charge in [0, 0.05) is 29.3 Å². The number of halogens is 1. The lowest BCUT2D eigenvalue weighted by Gasteiger charge is -2.25. The van der Waals surface area contributed by atoms with Crippen LogP contribution in [0.1, 0.15) is 24.4 Å². The third-order valence-electron chi connectivity index (χ3n) is 4.57. The average Bonchev–Trinajstić information content (AvgIpc) is 3.24. The molecule has 2 heterocycles. The van der Waals surface area contributed by atoms with Crippen LogP contribution in [0.3, 0.4) is 0 Å². The summed E-state index contributed by atoms with van der Waals surface area (Å²) >= 11 is 0. The molecule has 1 atom stereocenters. The van der Waals surface area contributed by atoms with Crippen LogP contribution >= 0.6 is 0 Å². The number of anilines is 1. The molecule has 0 bridgehead atoms. The van der Waals surface area contributed by atoms with E-state index >= 15 is 0 Å². The van der Waals surface area contributed by atoms with Crippen LogP contribution in [0.4, 0.5) is 14.9 Å². The smallest absolute Gasteiger partial charge is 0.322 e. The molecule has 1 aliphatic rings. The summed E-state index contributed by atoms with van der Waals surface area (Å²) in [6, 6.07) is 14.1.